The molecule has 1 aromatic heterocycles. The molecular formula is C15H27N3O. The van der Waals surface area contributed by atoms with Crippen LogP contribution in [0, 0.1) is 0 Å². The van der Waals surface area contributed by atoms with Crippen LogP contribution < -0.4 is 5.32 Å². The lowest BCUT2D eigenvalue weighted by Crippen LogP contribution is -2.55. The Hall–Kier alpha value is -0.870. The highest BCUT2D eigenvalue weighted by atomic mass is 16.3. The van der Waals surface area contributed by atoms with Crippen molar-refractivity contribution in [3.05, 3.63) is 18.0 Å². The molecule has 2 N–H and O–H groups in total. The number of hydrogen-bond acceptors (Lipinski definition) is 3. The molecule has 0 radical (unpaired) electrons. The highest BCUT2D eigenvalue weighted by molar-refractivity contribution is 5.02. The Bertz CT molecular complexity index is 411. The van der Waals surface area contributed by atoms with E-state index in [9.17, 15) is 5.11 Å². The SMILES string of the molecule is CC(C)(O)C(C)(C)NCc1ccn(C2CCCC2)n1. The Morgan fingerprint density at radius 3 is 2.53 bits per heavy atom. The molecule has 0 aromatic carbocycles. The Morgan fingerprint density at radius 1 is 1.32 bits per heavy atom. The summed E-state index contributed by atoms with van der Waals surface area (Å²) in [4.78, 5) is 0. The summed E-state index contributed by atoms with van der Waals surface area (Å²) in [7, 11) is 0. The molecule has 0 amide bonds. The first kappa shape index (κ1) is 14.5. The Balaban J connectivity index is 1.93. The molecule has 0 atom stereocenters. The monoisotopic (exact) mass is 265 g/mol. The molecule has 1 aliphatic carbocycles. The molecule has 0 saturated heterocycles. The largest absolute Gasteiger partial charge is 0.389 e. The first-order valence-electron chi connectivity index (χ1n) is 7.31. The summed E-state index contributed by atoms with van der Waals surface area (Å²) in [5.41, 5.74) is -0.0604. The van der Waals surface area contributed by atoms with Gasteiger partial charge in [0.2, 0.25) is 0 Å². The standard InChI is InChI=1S/C15H27N3O/c1-14(2,15(3,4)19)16-11-12-9-10-18(17-12)13-7-5-6-8-13/h9-10,13,16,19H,5-8,11H2,1-4H3. The van der Waals surface area contributed by atoms with Crippen LogP contribution in [0.3, 0.4) is 0 Å². The average Bonchev–Trinajstić information content (AvgIpc) is 2.96. The molecule has 108 valence electrons. The number of aliphatic hydroxyl groups is 1. The number of aromatic nitrogens is 2. The van der Waals surface area contributed by atoms with Gasteiger partial charge in [-0.15, -0.1) is 0 Å². The first-order valence-corrected chi connectivity index (χ1v) is 7.31. The third-order valence-corrected chi connectivity index (χ3v) is 4.60. The quantitative estimate of drug-likeness (QED) is 0.860. The predicted molar refractivity (Wildman–Crippen MR) is 76.9 cm³/mol. The normalized spacial score (nSPS) is 18.2. The van der Waals surface area contributed by atoms with Crippen LogP contribution in [-0.2, 0) is 6.54 Å². The fourth-order valence-corrected chi connectivity index (χ4v) is 2.37. The molecule has 2 rings (SSSR count). The smallest absolute Gasteiger partial charge is 0.0767 e. The topological polar surface area (TPSA) is 50.1 Å². The van der Waals surface area contributed by atoms with E-state index < -0.39 is 5.60 Å². The number of nitrogens with zero attached hydrogens (tertiary/aromatic N) is 2. The Labute approximate surface area is 116 Å². The van der Waals surface area contributed by atoms with Gasteiger partial charge in [0.15, 0.2) is 0 Å². The van der Waals surface area contributed by atoms with Gasteiger partial charge in [-0.2, -0.15) is 5.10 Å². The van der Waals surface area contributed by atoms with Crippen molar-refractivity contribution in [1.29, 1.82) is 0 Å². The van der Waals surface area contributed by atoms with Crippen molar-refractivity contribution in [1.82, 2.24) is 15.1 Å². The summed E-state index contributed by atoms with van der Waals surface area (Å²) in [6.07, 6.45) is 7.24. The van der Waals surface area contributed by atoms with Gasteiger partial charge in [-0.25, -0.2) is 0 Å². The van der Waals surface area contributed by atoms with Crippen LogP contribution in [0.5, 0.6) is 0 Å². The van der Waals surface area contributed by atoms with Gasteiger partial charge in [0.05, 0.1) is 17.3 Å². The molecule has 1 heterocycles. The molecule has 4 nitrogen and oxygen atoms in total. The van der Waals surface area contributed by atoms with E-state index in [0.717, 1.165) is 5.69 Å². The maximum absolute atomic E-state index is 10.1. The average molecular weight is 265 g/mol. The van der Waals surface area contributed by atoms with E-state index in [1.165, 1.54) is 25.7 Å². The summed E-state index contributed by atoms with van der Waals surface area (Å²) in [6, 6.07) is 2.67. The van der Waals surface area contributed by atoms with Gasteiger partial charge in [-0.05, 0) is 46.6 Å². The highest BCUT2D eigenvalue weighted by Gasteiger charge is 2.34. The van der Waals surface area contributed by atoms with Gasteiger partial charge in [-0.3, -0.25) is 4.68 Å². The van der Waals surface area contributed by atoms with Crippen LogP contribution in [0.2, 0.25) is 0 Å². The van der Waals surface area contributed by atoms with E-state index in [-0.39, 0.29) is 5.54 Å². The second-order valence-electron chi connectivity index (χ2n) is 6.76. The molecule has 1 fully saturated rings. The molecule has 1 saturated carbocycles. The Kier molecular flexibility index (Phi) is 4.02. The van der Waals surface area contributed by atoms with E-state index >= 15 is 0 Å². The highest BCUT2D eigenvalue weighted by Crippen LogP contribution is 2.28. The number of hydrogen-bond donors (Lipinski definition) is 2. The van der Waals surface area contributed by atoms with Crippen molar-refractivity contribution >= 4 is 0 Å². The van der Waals surface area contributed by atoms with Crippen molar-refractivity contribution in [3.63, 3.8) is 0 Å². The first-order chi connectivity index (χ1) is 8.79. The second-order valence-corrected chi connectivity index (χ2v) is 6.76. The minimum Gasteiger partial charge on any atom is -0.389 e. The lowest BCUT2D eigenvalue weighted by atomic mass is 9.86. The van der Waals surface area contributed by atoms with E-state index in [1.54, 1.807) is 0 Å². The zero-order valence-corrected chi connectivity index (χ0v) is 12.6. The van der Waals surface area contributed by atoms with Crippen LogP contribution >= 0.6 is 0 Å². The summed E-state index contributed by atoms with van der Waals surface area (Å²) in [5, 5.41) is 18.2. The van der Waals surface area contributed by atoms with Gasteiger partial charge >= 0.3 is 0 Å². The maximum Gasteiger partial charge on any atom is 0.0767 e. The zero-order chi connectivity index (χ0) is 14.1. The third kappa shape index (κ3) is 3.37. The van der Waals surface area contributed by atoms with E-state index in [1.807, 2.05) is 27.7 Å². The van der Waals surface area contributed by atoms with Crippen LogP contribution in [0.1, 0.15) is 65.1 Å². The molecule has 0 bridgehead atoms. The van der Waals surface area contributed by atoms with Crippen molar-refractivity contribution in [2.24, 2.45) is 0 Å². The molecule has 4 heteroatoms. The minimum atomic E-state index is -0.763. The predicted octanol–water partition coefficient (Wildman–Crippen LogP) is 2.64. The summed E-state index contributed by atoms with van der Waals surface area (Å²) in [6.45, 7) is 8.38. The third-order valence-electron chi connectivity index (χ3n) is 4.60. The van der Waals surface area contributed by atoms with Crippen molar-refractivity contribution < 1.29 is 5.11 Å². The molecule has 0 spiro atoms. The van der Waals surface area contributed by atoms with Gasteiger partial charge < -0.3 is 10.4 Å². The van der Waals surface area contributed by atoms with Crippen molar-refractivity contribution in [2.45, 2.75) is 77.1 Å². The summed E-state index contributed by atoms with van der Waals surface area (Å²) < 4.78 is 2.11. The molecule has 0 unspecified atom stereocenters. The van der Waals surface area contributed by atoms with Crippen LogP contribution in [0.15, 0.2) is 12.3 Å². The van der Waals surface area contributed by atoms with Crippen LogP contribution in [0.25, 0.3) is 0 Å². The molecule has 0 aliphatic heterocycles. The zero-order valence-electron chi connectivity index (χ0n) is 12.6. The lowest BCUT2D eigenvalue weighted by Gasteiger charge is -2.38. The van der Waals surface area contributed by atoms with Crippen molar-refractivity contribution in [3.8, 4) is 0 Å². The number of rotatable bonds is 5. The summed E-state index contributed by atoms with van der Waals surface area (Å²) >= 11 is 0. The summed E-state index contributed by atoms with van der Waals surface area (Å²) in [5.74, 6) is 0. The van der Waals surface area contributed by atoms with Gasteiger partial charge in [-0.1, -0.05) is 12.8 Å². The van der Waals surface area contributed by atoms with Crippen molar-refractivity contribution in [2.75, 3.05) is 0 Å². The van der Waals surface area contributed by atoms with E-state index in [2.05, 4.69) is 27.4 Å². The molecular weight excluding hydrogens is 238 g/mol. The minimum absolute atomic E-state index is 0.343. The van der Waals surface area contributed by atoms with E-state index in [0.29, 0.717) is 12.6 Å². The van der Waals surface area contributed by atoms with Crippen LogP contribution in [-0.4, -0.2) is 26.0 Å². The fourth-order valence-electron chi connectivity index (χ4n) is 2.37. The van der Waals surface area contributed by atoms with Gasteiger partial charge in [0.1, 0.15) is 0 Å². The fraction of sp³-hybridized carbons (Fsp3) is 0.800. The Morgan fingerprint density at radius 2 is 1.95 bits per heavy atom. The van der Waals surface area contributed by atoms with Gasteiger partial charge in [0.25, 0.3) is 0 Å². The maximum atomic E-state index is 10.1. The molecule has 1 aliphatic rings. The second kappa shape index (κ2) is 5.25. The molecule has 19 heavy (non-hydrogen) atoms. The molecule has 1 aromatic rings. The van der Waals surface area contributed by atoms with E-state index in [4.69, 9.17) is 0 Å². The van der Waals surface area contributed by atoms with Gasteiger partial charge in [0, 0.05) is 18.3 Å². The lowest BCUT2D eigenvalue weighted by molar-refractivity contribution is -0.00548. The van der Waals surface area contributed by atoms with Crippen LogP contribution in [0.4, 0.5) is 0 Å². The number of nitrogens with one attached hydrogen (secondary N) is 1.